The molecule has 1 heterocycles. The molecule has 0 radical (unpaired) electrons. The van der Waals surface area contributed by atoms with Gasteiger partial charge in [-0.05, 0) is 53.5 Å². The quantitative estimate of drug-likeness (QED) is 0.376. The molecule has 1 aliphatic heterocycles. The zero-order valence-electron chi connectivity index (χ0n) is 19.9. The Kier molecular flexibility index (Phi) is 7.76. The lowest BCUT2D eigenvalue weighted by Gasteiger charge is -2.20. The molecular weight excluding hydrogens is 527 g/mol. The van der Waals surface area contributed by atoms with Gasteiger partial charge in [0.2, 0.25) is 0 Å². The Hall–Kier alpha value is -3.87. The molecule has 8 nitrogen and oxygen atoms in total. The van der Waals surface area contributed by atoms with Crippen molar-refractivity contribution in [2.75, 3.05) is 25.0 Å². The Balaban J connectivity index is 1.86. The molecule has 0 bridgehead atoms. The Bertz CT molecular complexity index is 1550. The molecule has 0 aromatic heterocycles. The van der Waals surface area contributed by atoms with Crippen LogP contribution in [0.1, 0.15) is 27.9 Å². The maximum atomic E-state index is 14.8. The van der Waals surface area contributed by atoms with Crippen LogP contribution in [-0.4, -0.2) is 44.9 Å². The summed E-state index contributed by atoms with van der Waals surface area (Å²) in [6.45, 7) is -0.0297. The van der Waals surface area contributed by atoms with Crippen LogP contribution in [0.4, 0.5) is 18.9 Å². The van der Waals surface area contributed by atoms with Crippen LogP contribution < -0.4 is 9.46 Å². The number of carbonyl (C=O) groups is 1. The number of ether oxygens (including phenoxy) is 2. The number of rotatable bonds is 8. The van der Waals surface area contributed by atoms with Gasteiger partial charge in [-0.1, -0.05) is 12.1 Å². The van der Waals surface area contributed by atoms with E-state index < -0.39 is 50.6 Å². The molecule has 0 saturated heterocycles. The highest BCUT2D eigenvalue weighted by atomic mass is 32.2. The lowest BCUT2D eigenvalue weighted by atomic mass is 9.98. The van der Waals surface area contributed by atoms with Crippen LogP contribution >= 0.6 is 0 Å². The highest BCUT2D eigenvalue weighted by Gasteiger charge is 2.28. The van der Waals surface area contributed by atoms with E-state index in [9.17, 15) is 36.6 Å². The lowest BCUT2D eigenvalue weighted by molar-refractivity contribution is 0.0696. The van der Waals surface area contributed by atoms with Gasteiger partial charge in [0.15, 0.2) is 0 Å². The normalized spacial score (nSPS) is 13.7. The van der Waals surface area contributed by atoms with Crippen molar-refractivity contribution in [3.05, 3.63) is 82.7 Å². The molecule has 1 aliphatic rings. The number of halogens is 3. The van der Waals surface area contributed by atoms with E-state index in [-0.39, 0.29) is 40.2 Å². The number of aromatic carboxylic acids is 1. The number of aliphatic hydroxyl groups is 1. The number of hydrogen-bond donors (Lipinski definition) is 3. The zero-order valence-corrected chi connectivity index (χ0v) is 20.7. The number of aliphatic hydroxyl groups excluding tert-OH is 1. The lowest BCUT2D eigenvalue weighted by Crippen LogP contribution is -2.17. The van der Waals surface area contributed by atoms with Crippen LogP contribution in [0.15, 0.2) is 53.4 Å². The Morgan fingerprint density at radius 3 is 2.45 bits per heavy atom. The summed E-state index contributed by atoms with van der Waals surface area (Å²) >= 11 is 0. The fourth-order valence-electron chi connectivity index (χ4n) is 4.12. The molecular formula is C26H22F3NO7S. The van der Waals surface area contributed by atoms with Crippen molar-refractivity contribution in [1.29, 1.82) is 0 Å². The van der Waals surface area contributed by atoms with Crippen molar-refractivity contribution in [2.45, 2.75) is 17.9 Å². The van der Waals surface area contributed by atoms with Crippen molar-refractivity contribution in [3.63, 3.8) is 0 Å². The summed E-state index contributed by atoms with van der Waals surface area (Å²) in [6.07, 6.45) is 2.03. The van der Waals surface area contributed by atoms with E-state index in [1.54, 1.807) is 6.08 Å². The molecule has 3 aromatic rings. The minimum absolute atomic E-state index is 0.107. The number of sulfonamides is 1. The molecule has 200 valence electrons. The third-order valence-electron chi connectivity index (χ3n) is 5.94. The molecule has 12 heteroatoms. The van der Waals surface area contributed by atoms with Gasteiger partial charge in [-0.3, -0.25) is 4.72 Å². The van der Waals surface area contributed by atoms with Crippen LogP contribution in [0, 0.1) is 17.5 Å². The smallest absolute Gasteiger partial charge is 0.335 e. The van der Waals surface area contributed by atoms with Gasteiger partial charge in [0.1, 0.15) is 28.1 Å². The van der Waals surface area contributed by atoms with Crippen molar-refractivity contribution in [3.8, 4) is 16.9 Å². The van der Waals surface area contributed by atoms with Gasteiger partial charge in [-0.2, -0.15) is 0 Å². The predicted molar refractivity (Wildman–Crippen MR) is 132 cm³/mol. The van der Waals surface area contributed by atoms with E-state index in [0.717, 1.165) is 24.3 Å². The average molecular weight is 550 g/mol. The number of hydrogen-bond acceptors (Lipinski definition) is 6. The Morgan fingerprint density at radius 2 is 1.82 bits per heavy atom. The summed E-state index contributed by atoms with van der Waals surface area (Å²) in [7, 11) is -3.51. The van der Waals surface area contributed by atoms with E-state index in [4.69, 9.17) is 9.47 Å². The standard InChI is InChI=1S/C26H22F3NO7S/c1-36-25-19(14-4-6-37-7-5-14)8-16(26(32)33)9-24(25)38(34,35)30-23-11-20(21(28)12-22(23)29)18-10-17(27)3-2-15(18)13-31/h2-4,8-12,30-31H,5-7,13H2,1H3,(H,32,33). The molecule has 0 amide bonds. The SMILES string of the molecule is COc1c(C2=CCOCC2)cc(C(=O)O)cc1S(=O)(=O)Nc1cc(-c2cc(F)ccc2CO)c(F)cc1F. The maximum Gasteiger partial charge on any atom is 0.335 e. The van der Waals surface area contributed by atoms with Crippen LogP contribution in [0.25, 0.3) is 16.7 Å². The van der Waals surface area contributed by atoms with E-state index in [0.29, 0.717) is 24.7 Å². The molecule has 0 fully saturated rings. The second-order valence-corrected chi connectivity index (χ2v) is 9.94. The van der Waals surface area contributed by atoms with Crippen molar-refractivity contribution in [1.82, 2.24) is 0 Å². The van der Waals surface area contributed by atoms with Crippen molar-refractivity contribution in [2.24, 2.45) is 0 Å². The van der Waals surface area contributed by atoms with Gasteiger partial charge in [-0.15, -0.1) is 0 Å². The number of nitrogens with one attached hydrogen (secondary N) is 1. The van der Waals surface area contributed by atoms with Gasteiger partial charge in [0.05, 0.1) is 38.2 Å². The number of carboxylic acids is 1. The second-order valence-electron chi connectivity index (χ2n) is 8.29. The molecule has 0 aliphatic carbocycles. The molecule has 3 aromatic carbocycles. The third-order valence-corrected chi connectivity index (χ3v) is 7.31. The van der Waals surface area contributed by atoms with E-state index >= 15 is 0 Å². The Morgan fingerprint density at radius 1 is 1.05 bits per heavy atom. The fourth-order valence-corrected chi connectivity index (χ4v) is 5.39. The summed E-state index contributed by atoms with van der Waals surface area (Å²) in [4.78, 5) is 11.2. The molecule has 0 unspecified atom stereocenters. The van der Waals surface area contributed by atoms with E-state index in [1.807, 2.05) is 4.72 Å². The minimum atomic E-state index is -4.71. The molecule has 0 saturated carbocycles. The molecule has 3 N–H and O–H groups in total. The third kappa shape index (κ3) is 5.37. The topological polar surface area (TPSA) is 122 Å². The van der Waals surface area contributed by atoms with Crippen LogP contribution in [0.3, 0.4) is 0 Å². The fraction of sp³-hybridized carbons (Fsp3) is 0.192. The number of carboxylic acid groups (broad SMARTS) is 1. The molecule has 38 heavy (non-hydrogen) atoms. The molecule has 0 spiro atoms. The first-order valence-electron chi connectivity index (χ1n) is 11.2. The van der Waals surface area contributed by atoms with Crippen LogP contribution in [0.5, 0.6) is 5.75 Å². The first-order chi connectivity index (χ1) is 18.1. The summed E-state index contributed by atoms with van der Waals surface area (Å²) < 4.78 is 83.0. The predicted octanol–water partition coefficient (Wildman–Crippen LogP) is 4.57. The van der Waals surface area contributed by atoms with Gasteiger partial charge < -0.3 is 19.7 Å². The summed E-state index contributed by atoms with van der Waals surface area (Å²) in [5, 5.41) is 19.2. The second kappa shape index (κ2) is 10.9. The van der Waals surface area contributed by atoms with Gasteiger partial charge in [0, 0.05) is 17.2 Å². The van der Waals surface area contributed by atoms with Crippen LogP contribution in [-0.2, 0) is 21.4 Å². The highest BCUT2D eigenvalue weighted by molar-refractivity contribution is 7.92. The maximum absolute atomic E-state index is 14.8. The number of anilines is 1. The zero-order chi connectivity index (χ0) is 27.6. The monoisotopic (exact) mass is 549 g/mol. The summed E-state index contributed by atoms with van der Waals surface area (Å²) in [5.74, 6) is -4.74. The summed E-state index contributed by atoms with van der Waals surface area (Å²) in [6, 6.07) is 6.57. The first kappa shape index (κ1) is 27.2. The van der Waals surface area contributed by atoms with Gasteiger partial charge >= 0.3 is 5.97 Å². The first-order valence-corrected chi connectivity index (χ1v) is 12.7. The van der Waals surface area contributed by atoms with Crippen molar-refractivity contribution >= 4 is 27.3 Å². The number of methoxy groups -OCH3 is 1. The minimum Gasteiger partial charge on any atom is -0.495 e. The highest BCUT2D eigenvalue weighted by Crippen LogP contribution is 2.38. The molecule has 4 rings (SSSR count). The van der Waals surface area contributed by atoms with E-state index in [2.05, 4.69) is 0 Å². The van der Waals surface area contributed by atoms with Crippen LogP contribution in [0.2, 0.25) is 0 Å². The largest absolute Gasteiger partial charge is 0.495 e. The van der Waals surface area contributed by atoms with Gasteiger partial charge in [0.25, 0.3) is 10.0 Å². The summed E-state index contributed by atoms with van der Waals surface area (Å²) in [5.41, 5.74) is -0.591. The van der Waals surface area contributed by atoms with Gasteiger partial charge in [-0.25, -0.2) is 26.4 Å². The Labute approximate surface area is 216 Å². The average Bonchev–Trinajstić information content (AvgIpc) is 2.89. The molecule has 0 atom stereocenters. The number of benzene rings is 3. The van der Waals surface area contributed by atoms with E-state index in [1.165, 1.54) is 19.2 Å². The van der Waals surface area contributed by atoms with Crippen molar-refractivity contribution < 1.29 is 46.1 Å².